The molecule has 0 aliphatic rings. The van der Waals surface area contributed by atoms with E-state index in [1.54, 1.807) is 30.3 Å². The first kappa shape index (κ1) is 17.9. The normalized spacial score (nSPS) is 11.0. The fourth-order valence-electron chi connectivity index (χ4n) is 2.21. The second kappa shape index (κ2) is 7.63. The molecule has 0 aliphatic heterocycles. The van der Waals surface area contributed by atoms with Gasteiger partial charge in [-0.1, -0.05) is 34.7 Å². The van der Waals surface area contributed by atoms with Gasteiger partial charge in [-0.05, 0) is 42.5 Å². The summed E-state index contributed by atoms with van der Waals surface area (Å²) in [6, 6.07) is 11.1. The van der Waals surface area contributed by atoms with E-state index < -0.39 is 0 Å². The summed E-state index contributed by atoms with van der Waals surface area (Å²) in [4.78, 5) is 16.5. The quantitative estimate of drug-likeness (QED) is 0.464. The molecule has 4 rings (SSSR count). The van der Waals surface area contributed by atoms with Crippen molar-refractivity contribution < 1.29 is 13.6 Å². The van der Waals surface area contributed by atoms with Gasteiger partial charge in [0.25, 0.3) is 5.22 Å². The SMILES string of the molecule is O=C(CSc1nnc(-c2ccc(F)cc2)o1)Nc1nc2ccc(Cl)cc2s1. The van der Waals surface area contributed by atoms with E-state index in [2.05, 4.69) is 20.5 Å². The summed E-state index contributed by atoms with van der Waals surface area (Å²) in [6.45, 7) is 0. The molecule has 0 unspecified atom stereocenters. The van der Waals surface area contributed by atoms with Crippen LogP contribution in [0.5, 0.6) is 0 Å². The van der Waals surface area contributed by atoms with Crippen LogP contribution in [0.4, 0.5) is 9.52 Å². The third kappa shape index (κ3) is 4.26. The lowest BCUT2D eigenvalue weighted by atomic mass is 10.2. The summed E-state index contributed by atoms with van der Waals surface area (Å²) in [5.41, 5.74) is 1.38. The highest BCUT2D eigenvalue weighted by Crippen LogP contribution is 2.29. The third-order valence-electron chi connectivity index (χ3n) is 3.42. The molecule has 0 atom stereocenters. The molecule has 1 N–H and O–H groups in total. The Morgan fingerprint density at radius 2 is 2.04 bits per heavy atom. The third-order valence-corrected chi connectivity index (χ3v) is 5.41. The second-order valence-electron chi connectivity index (χ2n) is 5.35. The Kier molecular flexibility index (Phi) is 5.06. The minimum absolute atomic E-state index is 0.0851. The number of thiazole rings is 1. The molecule has 6 nitrogen and oxygen atoms in total. The van der Waals surface area contributed by atoms with Crippen molar-refractivity contribution in [3.8, 4) is 11.5 Å². The van der Waals surface area contributed by atoms with Crippen LogP contribution < -0.4 is 5.32 Å². The number of carbonyl (C=O) groups is 1. The minimum atomic E-state index is -0.346. The van der Waals surface area contributed by atoms with Crippen LogP contribution in [0.25, 0.3) is 21.7 Å². The topological polar surface area (TPSA) is 80.9 Å². The van der Waals surface area contributed by atoms with Gasteiger partial charge in [0.1, 0.15) is 5.82 Å². The van der Waals surface area contributed by atoms with Crippen molar-refractivity contribution >= 4 is 56.0 Å². The van der Waals surface area contributed by atoms with Crippen LogP contribution in [-0.2, 0) is 4.79 Å². The van der Waals surface area contributed by atoms with Crippen LogP contribution in [0.15, 0.2) is 52.1 Å². The Hall–Kier alpha value is -2.49. The zero-order valence-corrected chi connectivity index (χ0v) is 15.9. The van der Waals surface area contributed by atoms with Crippen LogP contribution in [0.3, 0.4) is 0 Å². The van der Waals surface area contributed by atoms with Crippen molar-refractivity contribution in [1.82, 2.24) is 15.2 Å². The number of halogens is 2. The predicted octanol–water partition coefficient (Wildman–Crippen LogP) is 4.87. The Morgan fingerprint density at radius 1 is 1.22 bits per heavy atom. The fraction of sp³-hybridized carbons (Fsp3) is 0.0588. The molecule has 0 spiro atoms. The number of rotatable bonds is 5. The Morgan fingerprint density at radius 3 is 2.85 bits per heavy atom. The first-order valence-corrected chi connectivity index (χ1v) is 9.83. The highest BCUT2D eigenvalue weighted by Gasteiger charge is 2.13. The number of benzene rings is 2. The number of aromatic nitrogens is 3. The summed E-state index contributed by atoms with van der Waals surface area (Å²) in [5.74, 6) is -0.240. The summed E-state index contributed by atoms with van der Waals surface area (Å²) in [5, 5.41) is 11.9. The number of anilines is 1. The molecule has 2 heterocycles. The van der Waals surface area contributed by atoms with E-state index in [-0.39, 0.29) is 28.6 Å². The lowest BCUT2D eigenvalue weighted by Crippen LogP contribution is -2.13. The molecule has 4 aromatic rings. The maximum atomic E-state index is 13.0. The number of hydrogen-bond acceptors (Lipinski definition) is 7. The van der Waals surface area contributed by atoms with Gasteiger partial charge >= 0.3 is 0 Å². The predicted molar refractivity (Wildman–Crippen MR) is 104 cm³/mol. The number of fused-ring (bicyclic) bond motifs is 1. The molecule has 27 heavy (non-hydrogen) atoms. The first-order chi connectivity index (χ1) is 13.1. The molecule has 0 saturated carbocycles. The van der Waals surface area contributed by atoms with Crippen LogP contribution in [0.1, 0.15) is 0 Å². The monoisotopic (exact) mass is 420 g/mol. The maximum absolute atomic E-state index is 13.0. The second-order valence-corrected chi connectivity index (χ2v) is 7.74. The van der Waals surface area contributed by atoms with E-state index in [0.717, 1.165) is 22.0 Å². The van der Waals surface area contributed by atoms with E-state index >= 15 is 0 Å². The molecule has 0 fully saturated rings. The molecule has 10 heteroatoms. The highest BCUT2D eigenvalue weighted by molar-refractivity contribution is 7.99. The molecule has 1 amide bonds. The van der Waals surface area contributed by atoms with Gasteiger partial charge in [-0.3, -0.25) is 4.79 Å². The summed E-state index contributed by atoms with van der Waals surface area (Å²) in [7, 11) is 0. The van der Waals surface area contributed by atoms with Crippen LogP contribution in [0, 0.1) is 5.82 Å². The number of hydrogen-bond donors (Lipinski definition) is 1. The molecular formula is C17H10ClFN4O2S2. The largest absolute Gasteiger partial charge is 0.411 e. The number of nitrogens with one attached hydrogen (secondary N) is 1. The van der Waals surface area contributed by atoms with Crippen LogP contribution >= 0.6 is 34.7 Å². The molecule has 0 radical (unpaired) electrons. The van der Waals surface area contributed by atoms with Gasteiger partial charge in [0, 0.05) is 10.6 Å². The van der Waals surface area contributed by atoms with Gasteiger partial charge in [0.15, 0.2) is 5.13 Å². The van der Waals surface area contributed by atoms with Crippen molar-refractivity contribution in [2.24, 2.45) is 0 Å². The average molecular weight is 421 g/mol. The highest BCUT2D eigenvalue weighted by atomic mass is 35.5. The molecule has 0 saturated heterocycles. The van der Waals surface area contributed by atoms with E-state index in [0.29, 0.717) is 15.7 Å². The van der Waals surface area contributed by atoms with Gasteiger partial charge < -0.3 is 9.73 Å². The van der Waals surface area contributed by atoms with Crippen LogP contribution in [0.2, 0.25) is 5.02 Å². The summed E-state index contributed by atoms with van der Waals surface area (Å²) < 4.78 is 19.3. The standard InChI is InChI=1S/C17H10ClFN4O2S2/c18-10-3-6-12-13(7-10)27-16(20-12)21-14(24)8-26-17-23-22-15(25-17)9-1-4-11(19)5-2-9/h1-7H,8H2,(H,20,21,24). The number of amides is 1. The average Bonchev–Trinajstić information content (AvgIpc) is 3.26. The molecule has 2 aromatic heterocycles. The zero-order chi connectivity index (χ0) is 18.8. The molecule has 0 bridgehead atoms. The number of thioether (sulfide) groups is 1. The Balaban J connectivity index is 1.36. The minimum Gasteiger partial charge on any atom is -0.411 e. The number of nitrogens with zero attached hydrogens (tertiary/aromatic N) is 3. The lowest BCUT2D eigenvalue weighted by Gasteiger charge is -1.98. The van der Waals surface area contributed by atoms with E-state index in [1.807, 2.05) is 0 Å². The molecule has 2 aromatic carbocycles. The number of carbonyl (C=O) groups excluding carboxylic acids is 1. The van der Waals surface area contributed by atoms with Crippen molar-refractivity contribution in [2.45, 2.75) is 5.22 Å². The van der Waals surface area contributed by atoms with Crippen molar-refractivity contribution in [3.05, 3.63) is 53.3 Å². The first-order valence-electron chi connectivity index (χ1n) is 7.65. The maximum Gasteiger partial charge on any atom is 0.277 e. The Labute approximate surface area is 165 Å². The van der Waals surface area contributed by atoms with Gasteiger partial charge in [-0.2, -0.15) is 0 Å². The van der Waals surface area contributed by atoms with Gasteiger partial charge in [-0.15, -0.1) is 10.2 Å². The summed E-state index contributed by atoms with van der Waals surface area (Å²) in [6.07, 6.45) is 0. The van der Waals surface area contributed by atoms with Crippen molar-refractivity contribution in [1.29, 1.82) is 0 Å². The smallest absolute Gasteiger partial charge is 0.277 e. The van der Waals surface area contributed by atoms with Gasteiger partial charge in [0.2, 0.25) is 11.8 Å². The van der Waals surface area contributed by atoms with Crippen LogP contribution in [-0.4, -0.2) is 26.8 Å². The lowest BCUT2D eigenvalue weighted by molar-refractivity contribution is -0.113. The van der Waals surface area contributed by atoms with Crippen molar-refractivity contribution in [3.63, 3.8) is 0 Å². The van der Waals surface area contributed by atoms with Crippen molar-refractivity contribution in [2.75, 3.05) is 11.1 Å². The fourth-order valence-corrected chi connectivity index (χ4v) is 3.93. The summed E-state index contributed by atoms with van der Waals surface area (Å²) >= 11 is 8.40. The van der Waals surface area contributed by atoms with Gasteiger partial charge in [-0.25, -0.2) is 9.37 Å². The molecule has 0 aliphatic carbocycles. The zero-order valence-electron chi connectivity index (χ0n) is 13.5. The van der Waals surface area contributed by atoms with E-state index in [9.17, 15) is 9.18 Å². The molecule has 136 valence electrons. The van der Waals surface area contributed by atoms with E-state index in [1.165, 1.54) is 23.5 Å². The Bertz CT molecular complexity index is 1110. The molecular weight excluding hydrogens is 411 g/mol. The van der Waals surface area contributed by atoms with E-state index in [4.69, 9.17) is 16.0 Å². The van der Waals surface area contributed by atoms with Gasteiger partial charge in [0.05, 0.1) is 16.0 Å².